The van der Waals surface area contributed by atoms with Gasteiger partial charge in [-0.3, -0.25) is 28.8 Å². The average Bonchev–Trinajstić information content (AvgIpc) is 2.82. The molecule has 1 amide bonds. The molecule has 0 fully saturated rings. The van der Waals surface area contributed by atoms with E-state index in [0.29, 0.717) is 0 Å². The lowest BCUT2D eigenvalue weighted by Crippen LogP contribution is -2.39. The van der Waals surface area contributed by atoms with Crippen molar-refractivity contribution in [3.8, 4) is 0 Å². The highest BCUT2D eigenvalue weighted by molar-refractivity contribution is 5.83. The van der Waals surface area contributed by atoms with Gasteiger partial charge in [-0.15, -0.1) is 0 Å². The highest BCUT2D eigenvalue weighted by Gasteiger charge is 2.17. The van der Waals surface area contributed by atoms with Crippen LogP contribution in [0.5, 0.6) is 0 Å². The van der Waals surface area contributed by atoms with Crippen LogP contribution in [0.1, 0.15) is 47.5 Å². The molecule has 0 aromatic rings. The van der Waals surface area contributed by atoms with Crippen molar-refractivity contribution in [2.24, 2.45) is 46.2 Å². The summed E-state index contributed by atoms with van der Waals surface area (Å²) in [5.41, 5.74) is 29.5. The number of aliphatic hydroxyl groups excluding tert-OH is 1. The maximum atomic E-state index is 10.2. The minimum Gasteiger partial charge on any atom is -0.480 e. The number of aliphatic hydroxyl groups is 1. The largest absolute Gasteiger partial charge is 0.480 e. The molecule has 0 aromatic heterocycles. The van der Waals surface area contributed by atoms with E-state index >= 15 is 0 Å². The summed E-state index contributed by atoms with van der Waals surface area (Å²) >= 11 is 0. The van der Waals surface area contributed by atoms with Crippen molar-refractivity contribution in [2.45, 2.75) is 77.7 Å². The van der Waals surface area contributed by atoms with Crippen molar-refractivity contribution < 1.29 is 59.4 Å². The van der Waals surface area contributed by atoms with E-state index in [0.717, 1.165) is 6.42 Å². The van der Waals surface area contributed by atoms with Crippen LogP contribution in [0.2, 0.25) is 0 Å². The van der Waals surface area contributed by atoms with Crippen LogP contribution in [0.4, 0.5) is 0 Å². The summed E-state index contributed by atoms with van der Waals surface area (Å²) in [7, 11) is 0. The third-order valence-electron chi connectivity index (χ3n) is 4.26. The van der Waals surface area contributed by atoms with E-state index in [1.54, 1.807) is 13.8 Å². The highest BCUT2D eigenvalue weighted by Crippen LogP contribution is 2.04. The molecule has 0 rings (SSSR count). The van der Waals surface area contributed by atoms with Gasteiger partial charge in [-0.05, 0) is 18.8 Å². The fourth-order valence-electron chi connectivity index (χ4n) is 1.29. The van der Waals surface area contributed by atoms with Crippen LogP contribution in [-0.2, 0) is 28.8 Å². The molecule has 0 bridgehead atoms. The monoisotopic (exact) mass is 574 g/mol. The summed E-state index contributed by atoms with van der Waals surface area (Å²) in [6, 6.07) is -3.73. The minimum atomic E-state index is -1.21. The number of carbonyl (C=O) groups is 6. The molecule has 0 spiro atoms. The van der Waals surface area contributed by atoms with Crippen molar-refractivity contribution >= 4 is 35.8 Å². The van der Waals surface area contributed by atoms with Crippen molar-refractivity contribution in [1.82, 2.24) is 0 Å². The number of nitrogens with two attached hydrogens (primary N) is 6. The zero-order chi connectivity index (χ0) is 32.6. The molecular weight excluding hydrogens is 528 g/mol. The molecule has 18 heteroatoms. The zero-order valence-corrected chi connectivity index (χ0v) is 22.8. The van der Waals surface area contributed by atoms with Crippen molar-refractivity contribution in [3.63, 3.8) is 0 Å². The van der Waals surface area contributed by atoms with Gasteiger partial charge in [0.05, 0.1) is 19.1 Å². The molecule has 18 N–H and O–H groups in total. The molecule has 39 heavy (non-hydrogen) atoms. The molecule has 0 saturated heterocycles. The van der Waals surface area contributed by atoms with Gasteiger partial charge in [-0.25, -0.2) is 0 Å². The lowest BCUT2D eigenvalue weighted by atomic mass is 10.0. The zero-order valence-electron chi connectivity index (χ0n) is 22.8. The number of rotatable bonds is 11. The molecule has 0 aliphatic rings. The van der Waals surface area contributed by atoms with Gasteiger partial charge in [-0.2, -0.15) is 0 Å². The Morgan fingerprint density at radius 3 is 1.05 bits per heavy atom. The van der Waals surface area contributed by atoms with E-state index in [2.05, 4.69) is 11.5 Å². The molecule has 0 heterocycles. The van der Waals surface area contributed by atoms with Gasteiger partial charge in [0.25, 0.3) is 0 Å². The quantitative estimate of drug-likeness (QED) is 0.114. The summed E-state index contributed by atoms with van der Waals surface area (Å²) in [5, 5.41) is 48.8. The van der Waals surface area contributed by atoms with Gasteiger partial charge in [0.1, 0.15) is 24.2 Å². The number of aliphatic carboxylic acids is 5. The normalized spacial score (nSPS) is 14.2. The Kier molecular flexibility index (Phi) is 30.6. The number of amides is 1. The topological polar surface area (TPSA) is 380 Å². The third kappa shape index (κ3) is 34.6. The van der Waals surface area contributed by atoms with E-state index in [1.807, 2.05) is 13.8 Å². The summed E-state index contributed by atoms with van der Waals surface area (Å²) in [4.78, 5) is 59.2. The first kappa shape index (κ1) is 45.5. The second-order valence-electron chi connectivity index (χ2n) is 8.18. The molecule has 6 atom stereocenters. The van der Waals surface area contributed by atoms with Gasteiger partial charge in [0.15, 0.2) is 0 Å². The van der Waals surface area contributed by atoms with Gasteiger partial charge in [0, 0.05) is 0 Å². The molecule has 0 saturated carbocycles. The Balaban J connectivity index is -0.000000125. The number of hydrogen-bond acceptors (Lipinski definition) is 12. The Labute approximate surface area is 226 Å². The number of carbonyl (C=O) groups excluding carboxylic acids is 1. The fraction of sp³-hybridized carbons (Fsp3) is 0.714. The van der Waals surface area contributed by atoms with Crippen LogP contribution >= 0.6 is 0 Å². The first-order valence-electron chi connectivity index (χ1n) is 11.3. The summed E-state index contributed by atoms with van der Waals surface area (Å²) in [6.07, 6.45) is -0.476. The van der Waals surface area contributed by atoms with Gasteiger partial charge >= 0.3 is 29.8 Å². The van der Waals surface area contributed by atoms with Crippen LogP contribution in [0, 0.1) is 11.8 Å². The van der Waals surface area contributed by atoms with E-state index in [4.69, 9.17) is 53.6 Å². The summed E-state index contributed by atoms with van der Waals surface area (Å²) in [5.74, 6) is -5.82. The predicted molar refractivity (Wildman–Crippen MR) is 139 cm³/mol. The SMILES string of the molecule is CC(C)C(N)C(=O)O.CC(O)C(N)C(=O)O.CCC(C)C(N)C(=O)O.NC(=O)CC(N)C(=O)O.NCC(=O)O. The van der Waals surface area contributed by atoms with Crippen LogP contribution in [0.15, 0.2) is 0 Å². The Morgan fingerprint density at radius 1 is 0.667 bits per heavy atom. The fourth-order valence-corrected chi connectivity index (χ4v) is 1.29. The highest BCUT2D eigenvalue weighted by atomic mass is 16.4. The average molecular weight is 575 g/mol. The van der Waals surface area contributed by atoms with Crippen molar-refractivity contribution in [1.29, 1.82) is 0 Å². The predicted octanol–water partition coefficient (Wildman–Crippen LogP) is -3.42. The van der Waals surface area contributed by atoms with Gasteiger partial charge < -0.3 is 65.0 Å². The van der Waals surface area contributed by atoms with Crippen molar-refractivity contribution in [2.75, 3.05) is 6.54 Å². The Bertz CT molecular complexity index is 712. The van der Waals surface area contributed by atoms with Crippen molar-refractivity contribution in [3.05, 3.63) is 0 Å². The summed E-state index contributed by atoms with van der Waals surface area (Å²) in [6.45, 7) is 8.36. The molecule has 18 nitrogen and oxygen atoms in total. The maximum absolute atomic E-state index is 10.2. The Morgan fingerprint density at radius 2 is 1.00 bits per heavy atom. The van der Waals surface area contributed by atoms with Crippen LogP contribution < -0.4 is 34.4 Å². The van der Waals surface area contributed by atoms with E-state index in [1.165, 1.54) is 6.92 Å². The maximum Gasteiger partial charge on any atom is 0.323 e. The van der Waals surface area contributed by atoms with E-state index in [9.17, 15) is 28.8 Å². The number of carboxylic acid groups (broad SMARTS) is 5. The molecular formula is C21H46N6O12. The molecule has 0 aliphatic carbocycles. The number of carboxylic acids is 5. The number of hydrogen-bond donors (Lipinski definition) is 12. The molecule has 232 valence electrons. The van der Waals surface area contributed by atoms with Crippen LogP contribution in [0.25, 0.3) is 0 Å². The van der Waals surface area contributed by atoms with E-state index in [-0.39, 0.29) is 24.8 Å². The van der Waals surface area contributed by atoms with Crippen LogP contribution in [-0.4, -0.2) is 103 Å². The summed E-state index contributed by atoms with van der Waals surface area (Å²) < 4.78 is 0. The first-order chi connectivity index (χ1) is 17.5. The van der Waals surface area contributed by atoms with E-state index < -0.39 is 66.0 Å². The molecule has 6 unspecified atom stereocenters. The smallest absolute Gasteiger partial charge is 0.323 e. The van der Waals surface area contributed by atoms with Crippen LogP contribution in [0.3, 0.4) is 0 Å². The molecule has 0 radical (unpaired) electrons. The standard InChI is InChI=1S/C6H13NO2.C5H11NO2.C4H8N2O3.C4H9NO3.C2H5NO2/c1-3-4(2)5(7)6(8)9;1-3(2)4(6)5(7)8;5-2(4(8)9)1-3(6)7;1-2(6)3(5)4(7)8;3-1-2(4)5/h4-5H,3,7H2,1-2H3,(H,8,9);3-4H,6H2,1-2H3,(H,7,8);2H,1,5H2,(H2,6,7)(H,8,9);2-3,6H,5H2,1H3,(H,7,8);1,3H2,(H,4,5). The third-order valence-corrected chi connectivity index (χ3v) is 4.26. The molecule has 0 aromatic carbocycles. The second-order valence-corrected chi connectivity index (χ2v) is 8.18. The first-order valence-corrected chi connectivity index (χ1v) is 11.3. The lowest BCUT2D eigenvalue weighted by molar-refractivity contribution is -0.141. The molecule has 0 aliphatic heterocycles. The minimum absolute atomic E-state index is 0.0208. The lowest BCUT2D eigenvalue weighted by Gasteiger charge is -2.11. The van der Waals surface area contributed by atoms with Gasteiger partial charge in [-0.1, -0.05) is 34.1 Å². The number of primary amides is 1. The Hall–Kier alpha value is -3.42. The second kappa shape index (κ2) is 26.2. The van der Waals surface area contributed by atoms with Gasteiger partial charge in [0.2, 0.25) is 5.91 Å².